The molecule has 0 saturated heterocycles. The molecule has 0 spiro atoms. The molecule has 5 nitrogen and oxygen atoms in total. The van der Waals surface area contributed by atoms with Crippen LogP contribution in [-0.4, -0.2) is 24.6 Å². The molecule has 3 rings (SSSR count). The molecular formula is C16H17N3O2S3. The topological polar surface area (TPSA) is 72.0 Å². The Morgan fingerprint density at radius 3 is 2.38 bits per heavy atom. The third-order valence-corrected chi connectivity index (χ3v) is 5.82. The van der Waals surface area contributed by atoms with Gasteiger partial charge in [0.15, 0.2) is 0 Å². The van der Waals surface area contributed by atoms with Crippen molar-refractivity contribution in [2.45, 2.75) is 20.3 Å². The van der Waals surface area contributed by atoms with Crippen LogP contribution in [0.1, 0.15) is 20.6 Å². The highest BCUT2D eigenvalue weighted by atomic mass is 32.2. The first-order chi connectivity index (χ1) is 11.3. The van der Waals surface area contributed by atoms with Crippen molar-refractivity contribution in [1.82, 2.24) is 9.97 Å². The van der Waals surface area contributed by atoms with Crippen LogP contribution in [0.25, 0.3) is 11.3 Å². The Morgan fingerprint density at radius 1 is 1.08 bits per heavy atom. The van der Waals surface area contributed by atoms with E-state index in [1.165, 1.54) is 0 Å². The molecule has 0 bridgehead atoms. The summed E-state index contributed by atoms with van der Waals surface area (Å²) < 4.78 is 25.0. The number of aryl methyl sites for hydroxylation is 2. The zero-order chi connectivity index (χ0) is 17.3. The summed E-state index contributed by atoms with van der Waals surface area (Å²) in [6, 6.07) is 7.26. The minimum Gasteiger partial charge on any atom is -0.284 e. The number of benzene rings is 1. The van der Waals surface area contributed by atoms with Gasteiger partial charge in [-0.1, -0.05) is 12.1 Å². The Kier molecular flexibility index (Phi) is 4.71. The number of thiazole rings is 2. The Hall–Kier alpha value is -1.77. The van der Waals surface area contributed by atoms with Crippen LogP contribution < -0.4 is 4.72 Å². The summed E-state index contributed by atoms with van der Waals surface area (Å²) in [6.07, 6.45) is 1.88. The van der Waals surface area contributed by atoms with E-state index in [-0.39, 0.29) is 0 Å². The first-order valence-electron chi connectivity index (χ1n) is 7.26. The van der Waals surface area contributed by atoms with Gasteiger partial charge in [-0.15, -0.1) is 22.7 Å². The van der Waals surface area contributed by atoms with Crippen molar-refractivity contribution in [1.29, 1.82) is 0 Å². The molecule has 1 N–H and O–H groups in total. The van der Waals surface area contributed by atoms with Gasteiger partial charge in [-0.05, 0) is 26.0 Å². The van der Waals surface area contributed by atoms with E-state index in [0.717, 1.165) is 44.5 Å². The third kappa shape index (κ3) is 4.19. The van der Waals surface area contributed by atoms with E-state index in [1.54, 1.807) is 34.8 Å². The molecule has 0 unspecified atom stereocenters. The van der Waals surface area contributed by atoms with Crippen LogP contribution in [-0.2, 0) is 16.4 Å². The van der Waals surface area contributed by atoms with Gasteiger partial charge in [0.25, 0.3) is 0 Å². The van der Waals surface area contributed by atoms with Crippen molar-refractivity contribution in [3.63, 3.8) is 0 Å². The predicted molar refractivity (Wildman–Crippen MR) is 100 cm³/mol. The van der Waals surface area contributed by atoms with Gasteiger partial charge < -0.3 is 0 Å². The highest BCUT2D eigenvalue weighted by Gasteiger charge is 2.12. The van der Waals surface area contributed by atoms with Crippen LogP contribution in [0.15, 0.2) is 29.6 Å². The summed E-state index contributed by atoms with van der Waals surface area (Å²) in [7, 11) is -3.26. The van der Waals surface area contributed by atoms with Crippen molar-refractivity contribution < 1.29 is 8.42 Å². The third-order valence-electron chi connectivity index (χ3n) is 3.27. The summed E-state index contributed by atoms with van der Waals surface area (Å²) >= 11 is 3.32. The van der Waals surface area contributed by atoms with Crippen LogP contribution in [0.3, 0.4) is 0 Å². The molecule has 0 amide bonds. The summed E-state index contributed by atoms with van der Waals surface area (Å²) in [5, 5.41) is 4.15. The van der Waals surface area contributed by atoms with Gasteiger partial charge in [0.05, 0.1) is 23.4 Å². The lowest BCUT2D eigenvalue weighted by molar-refractivity contribution is 0.607. The molecule has 0 aliphatic carbocycles. The molecule has 0 atom stereocenters. The second-order valence-corrected chi connectivity index (χ2v) is 9.50. The number of hydrogen-bond donors (Lipinski definition) is 1. The van der Waals surface area contributed by atoms with Crippen LogP contribution >= 0.6 is 22.7 Å². The van der Waals surface area contributed by atoms with Gasteiger partial charge in [-0.25, -0.2) is 18.4 Å². The molecule has 8 heteroatoms. The lowest BCUT2D eigenvalue weighted by Crippen LogP contribution is -2.09. The largest absolute Gasteiger partial charge is 0.284 e. The zero-order valence-corrected chi connectivity index (χ0v) is 16.0. The molecule has 0 aliphatic heterocycles. The van der Waals surface area contributed by atoms with E-state index in [9.17, 15) is 8.42 Å². The molecule has 3 aromatic rings. The Morgan fingerprint density at radius 2 is 1.79 bits per heavy atom. The number of sulfonamides is 1. The molecule has 126 valence electrons. The van der Waals surface area contributed by atoms with E-state index in [4.69, 9.17) is 4.98 Å². The number of hydrogen-bond acceptors (Lipinski definition) is 6. The summed E-state index contributed by atoms with van der Waals surface area (Å²) in [5.74, 6) is 0. The maximum atomic E-state index is 11.3. The standard InChI is InChI=1S/C16H17N3O2S3/c1-10-9-22-14(17-10)8-15-18-16(11(2)23-15)12-4-6-13(7-5-12)19-24(3,20)21/h4-7,9,19H,8H2,1-3H3. The van der Waals surface area contributed by atoms with Crippen LogP contribution in [0.5, 0.6) is 0 Å². The molecule has 0 fully saturated rings. The van der Waals surface area contributed by atoms with Gasteiger partial charge in [0, 0.05) is 27.2 Å². The molecule has 0 saturated carbocycles. The fraction of sp³-hybridized carbons (Fsp3) is 0.250. The molecular weight excluding hydrogens is 362 g/mol. The summed E-state index contributed by atoms with van der Waals surface area (Å²) in [5.41, 5.74) is 3.50. The van der Waals surface area contributed by atoms with Gasteiger partial charge >= 0.3 is 0 Å². The first kappa shape index (κ1) is 17.1. The van der Waals surface area contributed by atoms with E-state index in [0.29, 0.717) is 5.69 Å². The molecule has 0 aliphatic rings. The Labute approximate surface area is 149 Å². The van der Waals surface area contributed by atoms with Crippen molar-refractivity contribution >= 4 is 38.4 Å². The van der Waals surface area contributed by atoms with E-state index < -0.39 is 10.0 Å². The number of nitrogens with zero attached hydrogens (tertiary/aromatic N) is 2. The zero-order valence-electron chi connectivity index (χ0n) is 13.5. The smallest absolute Gasteiger partial charge is 0.229 e. The van der Waals surface area contributed by atoms with E-state index in [1.807, 2.05) is 31.4 Å². The number of aromatic nitrogens is 2. The van der Waals surface area contributed by atoms with Gasteiger partial charge in [0.2, 0.25) is 10.0 Å². The second-order valence-electron chi connectivity index (χ2n) is 5.52. The van der Waals surface area contributed by atoms with Crippen molar-refractivity contribution in [2.24, 2.45) is 0 Å². The number of nitrogens with one attached hydrogen (secondary N) is 1. The fourth-order valence-electron chi connectivity index (χ4n) is 2.32. The molecule has 1 aromatic carbocycles. The maximum absolute atomic E-state index is 11.3. The number of rotatable bonds is 5. The minimum absolute atomic E-state index is 0.549. The van der Waals surface area contributed by atoms with Crippen molar-refractivity contribution in [2.75, 3.05) is 11.0 Å². The quantitative estimate of drug-likeness (QED) is 0.731. The highest BCUT2D eigenvalue weighted by Crippen LogP contribution is 2.30. The minimum atomic E-state index is -3.26. The lowest BCUT2D eigenvalue weighted by atomic mass is 10.1. The average molecular weight is 380 g/mol. The molecule has 24 heavy (non-hydrogen) atoms. The highest BCUT2D eigenvalue weighted by molar-refractivity contribution is 7.92. The summed E-state index contributed by atoms with van der Waals surface area (Å²) in [4.78, 5) is 10.4. The van der Waals surface area contributed by atoms with Crippen molar-refractivity contribution in [3.8, 4) is 11.3 Å². The average Bonchev–Trinajstić information content (AvgIpc) is 3.04. The molecule has 0 radical (unpaired) electrons. The van der Waals surface area contributed by atoms with E-state index >= 15 is 0 Å². The SMILES string of the molecule is Cc1csc(Cc2nc(-c3ccc(NS(C)(=O)=O)cc3)c(C)s2)n1. The van der Waals surface area contributed by atoms with Crippen LogP contribution in [0, 0.1) is 13.8 Å². The molecule has 2 heterocycles. The summed E-state index contributed by atoms with van der Waals surface area (Å²) in [6.45, 7) is 4.04. The number of anilines is 1. The second kappa shape index (κ2) is 6.62. The van der Waals surface area contributed by atoms with Gasteiger partial charge in [-0.3, -0.25) is 4.72 Å². The van der Waals surface area contributed by atoms with Crippen LogP contribution in [0.4, 0.5) is 5.69 Å². The molecule has 2 aromatic heterocycles. The van der Waals surface area contributed by atoms with Gasteiger partial charge in [-0.2, -0.15) is 0 Å². The van der Waals surface area contributed by atoms with Crippen molar-refractivity contribution in [3.05, 3.63) is 50.2 Å². The first-order valence-corrected chi connectivity index (χ1v) is 10.8. The fourth-order valence-corrected chi connectivity index (χ4v) is 4.71. The Bertz CT molecular complexity index is 957. The van der Waals surface area contributed by atoms with Crippen LogP contribution in [0.2, 0.25) is 0 Å². The lowest BCUT2D eigenvalue weighted by Gasteiger charge is -2.04. The van der Waals surface area contributed by atoms with Gasteiger partial charge in [0.1, 0.15) is 5.01 Å². The maximum Gasteiger partial charge on any atom is 0.229 e. The normalized spacial score (nSPS) is 11.6. The monoisotopic (exact) mass is 379 g/mol. The van der Waals surface area contributed by atoms with E-state index in [2.05, 4.69) is 9.71 Å². The predicted octanol–water partition coefficient (Wildman–Crippen LogP) is 3.85. The Balaban J connectivity index is 1.82.